The SMILES string of the molecule is CNc1nc(N)nc(OC(F)(F)Cl)n1. The summed E-state index contributed by atoms with van der Waals surface area (Å²) in [7, 11) is 1.48. The van der Waals surface area contributed by atoms with Gasteiger partial charge in [-0.1, -0.05) is 0 Å². The van der Waals surface area contributed by atoms with Crippen LogP contribution < -0.4 is 15.8 Å². The Morgan fingerprint density at radius 3 is 2.57 bits per heavy atom. The molecule has 0 atom stereocenters. The van der Waals surface area contributed by atoms with Crippen LogP contribution >= 0.6 is 11.6 Å². The zero-order chi connectivity index (χ0) is 10.8. The molecule has 1 aromatic heterocycles. The summed E-state index contributed by atoms with van der Waals surface area (Å²) >= 11 is 4.50. The minimum atomic E-state index is -3.88. The van der Waals surface area contributed by atoms with Crippen molar-refractivity contribution >= 4 is 23.5 Å². The molecule has 0 spiro atoms. The molecular formula is C5H6ClF2N5O. The highest BCUT2D eigenvalue weighted by molar-refractivity contribution is 6.20. The first-order chi connectivity index (χ1) is 6.40. The van der Waals surface area contributed by atoms with E-state index in [9.17, 15) is 8.78 Å². The van der Waals surface area contributed by atoms with E-state index in [0.717, 1.165) is 0 Å². The molecule has 6 nitrogen and oxygen atoms in total. The van der Waals surface area contributed by atoms with Gasteiger partial charge < -0.3 is 15.8 Å². The maximum atomic E-state index is 12.2. The van der Waals surface area contributed by atoms with Crippen molar-refractivity contribution in [2.45, 2.75) is 5.57 Å². The van der Waals surface area contributed by atoms with Crippen molar-refractivity contribution in [3.63, 3.8) is 0 Å². The van der Waals surface area contributed by atoms with Gasteiger partial charge >= 0.3 is 11.6 Å². The lowest BCUT2D eigenvalue weighted by Gasteiger charge is -2.09. The quantitative estimate of drug-likeness (QED) is 0.735. The van der Waals surface area contributed by atoms with Crippen LogP contribution in [0.15, 0.2) is 0 Å². The summed E-state index contributed by atoms with van der Waals surface area (Å²) in [6.07, 6.45) is 0. The Morgan fingerprint density at radius 2 is 2.07 bits per heavy atom. The van der Waals surface area contributed by atoms with E-state index in [4.69, 9.17) is 5.73 Å². The first-order valence-electron chi connectivity index (χ1n) is 3.36. The number of nitrogen functional groups attached to an aromatic ring is 1. The van der Waals surface area contributed by atoms with Gasteiger partial charge in [0.05, 0.1) is 0 Å². The number of hydrogen-bond donors (Lipinski definition) is 2. The number of alkyl halides is 3. The van der Waals surface area contributed by atoms with Gasteiger partial charge in [0.15, 0.2) is 0 Å². The highest BCUT2D eigenvalue weighted by Crippen LogP contribution is 2.22. The van der Waals surface area contributed by atoms with Crippen molar-refractivity contribution in [2.75, 3.05) is 18.1 Å². The fourth-order valence-electron chi connectivity index (χ4n) is 0.633. The highest BCUT2D eigenvalue weighted by Gasteiger charge is 2.29. The molecule has 9 heteroatoms. The Bertz CT molecular complexity index is 330. The molecule has 0 unspecified atom stereocenters. The lowest BCUT2D eigenvalue weighted by Crippen LogP contribution is -2.18. The zero-order valence-corrected chi connectivity index (χ0v) is 7.72. The maximum absolute atomic E-state index is 12.2. The largest absolute Gasteiger partial charge is 0.489 e. The van der Waals surface area contributed by atoms with Crippen molar-refractivity contribution in [1.29, 1.82) is 0 Å². The molecule has 0 saturated heterocycles. The number of anilines is 2. The highest BCUT2D eigenvalue weighted by atomic mass is 35.5. The Labute approximate surface area is 82.5 Å². The van der Waals surface area contributed by atoms with Crippen LogP contribution in [0.5, 0.6) is 6.01 Å². The molecule has 0 radical (unpaired) electrons. The fraction of sp³-hybridized carbons (Fsp3) is 0.400. The average Bonchev–Trinajstić information content (AvgIpc) is 1.99. The van der Waals surface area contributed by atoms with Gasteiger partial charge in [0.25, 0.3) is 0 Å². The molecule has 0 amide bonds. The number of nitrogens with one attached hydrogen (secondary N) is 1. The summed E-state index contributed by atoms with van der Waals surface area (Å²) in [6.45, 7) is 0. The molecule has 0 aromatic carbocycles. The second-order valence-corrected chi connectivity index (χ2v) is 2.54. The van der Waals surface area contributed by atoms with Crippen LogP contribution in [-0.2, 0) is 0 Å². The average molecular weight is 226 g/mol. The minimum absolute atomic E-state index is 0.00779. The number of halogens is 3. The van der Waals surface area contributed by atoms with Gasteiger partial charge in [-0.15, -0.1) is 8.78 Å². The number of nitrogens with zero attached hydrogens (tertiary/aromatic N) is 3. The van der Waals surface area contributed by atoms with Crippen molar-refractivity contribution in [1.82, 2.24) is 15.0 Å². The Balaban J connectivity index is 2.92. The normalized spacial score (nSPS) is 11.1. The van der Waals surface area contributed by atoms with E-state index in [1.807, 2.05) is 0 Å². The maximum Gasteiger partial charge on any atom is 0.489 e. The predicted octanol–water partition coefficient (Wildman–Crippen LogP) is 0.663. The molecule has 1 rings (SSSR count). The number of hydrogen-bond acceptors (Lipinski definition) is 6. The van der Waals surface area contributed by atoms with Gasteiger partial charge in [0.2, 0.25) is 11.9 Å². The summed E-state index contributed by atoms with van der Waals surface area (Å²) in [6, 6.07) is -0.651. The Morgan fingerprint density at radius 1 is 1.43 bits per heavy atom. The third kappa shape index (κ3) is 3.13. The molecule has 14 heavy (non-hydrogen) atoms. The van der Waals surface area contributed by atoms with Crippen LogP contribution in [0.1, 0.15) is 0 Å². The van der Waals surface area contributed by atoms with E-state index in [1.54, 1.807) is 0 Å². The van der Waals surface area contributed by atoms with Crippen molar-refractivity contribution in [3.05, 3.63) is 0 Å². The van der Waals surface area contributed by atoms with Gasteiger partial charge in [-0.05, 0) is 0 Å². The molecule has 0 bridgehead atoms. The predicted molar refractivity (Wildman–Crippen MR) is 45.2 cm³/mol. The van der Waals surface area contributed by atoms with Gasteiger partial charge in [0.1, 0.15) is 0 Å². The molecule has 1 heterocycles. The number of nitrogens with two attached hydrogens (primary N) is 1. The summed E-state index contributed by atoms with van der Waals surface area (Å²) < 4.78 is 28.2. The Hall–Kier alpha value is -1.44. The third-order valence-electron chi connectivity index (χ3n) is 1.06. The number of ether oxygens (including phenoxy) is 1. The minimum Gasteiger partial charge on any atom is -0.385 e. The first-order valence-corrected chi connectivity index (χ1v) is 3.73. The van der Waals surface area contributed by atoms with Crippen LogP contribution in [0.25, 0.3) is 0 Å². The van der Waals surface area contributed by atoms with Gasteiger partial charge in [-0.3, -0.25) is 0 Å². The zero-order valence-electron chi connectivity index (χ0n) is 6.96. The molecule has 3 N–H and O–H groups in total. The smallest absolute Gasteiger partial charge is 0.385 e. The van der Waals surface area contributed by atoms with E-state index in [2.05, 4.69) is 36.6 Å². The molecule has 0 aliphatic rings. The number of aromatic nitrogens is 3. The van der Waals surface area contributed by atoms with Crippen LogP contribution in [0.2, 0.25) is 0 Å². The molecular weight excluding hydrogens is 220 g/mol. The van der Waals surface area contributed by atoms with Crippen LogP contribution in [-0.4, -0.2) is 27.6 Å². The lowest BCUT2D eigenvalue weighted by atomic mass is 10.8. The van der Waals surface area contributed by atoms with Gasteiger partial charge in [-0.2, -0.15) is 15.0 Å². The van der Waals surface area contributed by atoms with Crippen molar-refractivity contribution in [2.24, 2.45) is 0 Å². The van der Waals surface area contributed by atoms with E-state index < -0.39 is 11.6 Å². The molecule has 0 aliphatic heterocycles. The molecule has 0 saturated carbocycles. The van der Waals surface area contributed by atoms with E-state index >= 15 is 0 Å². The fourth-order valence-corrected chi connectivity index (χ4v) is 0.702. The second-order valence-electron chi connectivity index (χ2n) is 2.10. The summed E-state index contributed by atoms with van der Waals surface area (Å²) in [4.78, 5) is 10.3. The summed E-state index contributed by atoms with van der Waals surface area (Å²) in [5.74, 6) is -0.242. The summed E-state index contributed by atoms with van der Waals surface area (Å²) in [5.41, 5.74) is 1.31. The van der Waals surface area contributed by atoms with Crippen molar-refractivity contribution < 1.29 is 13.5 Å². The topological polar surface area (TPSA) is 86.0 Å². The van der Waals surface area contributed by atoms with E-state index in [-0.39, 0.29) is 11.9 Å². The Kier molecular flexibility index (Phi) is 2.84. The summed E-state index contributed by atoms with van der Waals surface area (Å²) in [5, 5.41) is 2.48. The molecule has 0 fully saturated rings. The van der Waals surface area contributed by atoms with Crippen LogP contribution in [0.4, 0.5) is 20.7 Å². The van der Waals surface area contributed by atoms with Gasteiger partial charge in [-0.25, -0.2) is 0 Å². The monoisotopic (exact) mass is 225 g/mol. The second kappa shape index (κ2) is 3.74. The standard InChI is InChI=1S/C5H6ClF2N5O/c1-10-3-11-2(9)12-4(13-3)14-5(6,7)8/h1H3,(H3,9,10,11,12,13). The third-order valence-corrected chi connectivity index (χ3v) is 1.14. The van der Waals surface area contributed by atoms with E-state index in [0.29, 0.717) is 0 Å². The molecule has 0 aliphatic carbocycles. The molecule has 78 valence electrons. The van der Waals surface area contributed by atoms with Crippen LogP contribution in [0.3, 0.4) is 0 Å². The molecule has 1 aromatic rings. The van der Waals surface area contributed by atoms with Crippen molar-refractivity contribution in [3.8, 4) is 6.01 Å². The van der Waals surface area contributed by atoms with Crippen LogP contribution in [0, 0.1) is 0 Å². The van der Waals surface area contributed by atoms with E-state index in [1.165, 1.54) is 7.05 Å². The van der Waals surface area contributed by atoms with Gasteiger partial charge in [0, 0.05) is 18.6 Å². The lowest BCUT2D eigenvalue weighted by molar-refractivity contribution is -0.102. The number of rotatable bonds is 3. The first kappa shape index (κ1) is 10.6.